The Kier molecular flexibility index (Phi) is 6.48. The maximum Gasteiger partial charge on any atom is 0.237 e. The van der Waals surface area contributed by atoms with Crippen LogP contribution in [0, 0.1) is 0 Å². The number of nitrogens with one attached hydrogen (secondary N) is 2. The van der Waals surface area contributed by atoms with Crippen molar-refractivity contribution in [1.82, 2.24) is 15.5 Å². The molecule has 1 saturated heterocycles. The summed E-state index contributed by atoms with van der Waals surface area (Å²) in [5.41, 5.74) is 1.17. The Hall–Kier alpha value is -2.37. The third kappa shape index (κ3) is 5.08. The number of carbonyl (C=O) groups is 1. The summed E-state index contributed by atoms with van der Waals surface area (Å²) in [6.07, 6.45) is 0.831. The van der Waals surface area contributed by atoms with E-state index in [1.165, 1.54) is 5.56 Å². The van der Waals surface area contributed by atoms with E-state index in [9.17, 15) is 4.79 Å². The smallest absolute Gasteiger partial charge is 0.237 e. The van der Waals surface area contributed by atoms with Crippen LogP contribution in [-0.2, 0) is 11.3 Å². The van der Waals surface area contributed by atoms with Gasteiger partial charge in [-0.1, -0.05) is 30.3 Å². The van der Waals surface area contributed by atoms with Crippen LogP contribution in [0.1, 0.15) is 25.8 Å². The summed E-state index contributed by atoms with van der Waals surface area (Å²) in [5.74, 6) is 1.77. The molecule has 1 heterocycles. The van der Waals surface area contributed by atoms with Gasteiger partial charge in [-0.3, -0.25) is 9.69 Å². The Bertz CT molecular complexity index is 748. The lowest BCUT2D eigenvalue weighted by Crippen LogP contribution is -2.45. The topological polar surface area (TPSA) is 53.6 Å². The summed E-state index contributed by atoms with van der Waals surface area (Å²) >= 11 is 0. The van der Waals surface area contributed by atoms with Crippen molar-refractivity contribution in [2.45, 2.75) is 44.9 Å². The second-order valence-electron chi connectivity index (χ2n) is 7.30. The van der Waals surface area contributed by atoms with E-state index in [4.69, 9.17) is 4.74 Å². The van der Waals surface area contributed by atoms with Crippen molar-refractivity contribution in [1.29, 1.82) is 0 Å². The Morgan fingerprint density at radius 2 is 1.89 bits per heavy atom. The van der Waals surface area contributed by atoms with Crippen molar-refractivity contribution < 1.29 is 9.53 Å². The molecule has 2 aromatic rings. The number of nitrogens with zero attached hydrogens (tertiary/aromatic N) is 1. The van der Waals surface area contributed by atoms with Gasteiger partial charge in [0, 0.05) is 32.2 Å². The maximum atomic E-state index is 12.2. The lowest BCUT2D eigenvalue weighted by atomic mass is 10.1. The highest BCUT2D eigenvalue weighted by Crippen LogP contribution is 2.23. The fourth-order valence-corrected chi connectivity index (χ4v) is 3.61. The van der Waals surface area contributed by atoms with E-state index < -0.39 is 0 Å². The van der Waals surface area contributed by atoms with Gasteiger partial charge >= 0.3 is 0 Å². The van der Waals surface area contributed by atoms with E-state index >= 15 is 0 Å². The molecule has 1 fully saturated rings. The number of para-hydroxylation sites is 1. The molecule has 0 radical (unpaired) electrons. The van der Waals surface area contributed by atoms with Gasteiger partial charge in [0.15, 0.2) is 0 Å². The zero-order valence-corrected chi connectivity index (χ0v) is 16.3. The zero-order chi connectivity index (χ0) is 19.2. The predicted molar refractivity (Wildman–Crippen MR) is 108 cm³/mol. The van der Waals surface area contributed by atoms with Crippen molar-refractivity contribution >= 4 is 5.91 Å². The number of hydrogen-bond acceptors (Lipinski definition) is 4. The minimum Gasteiger partial charge on any atom is -0.457 e. The Balaban J connectivity index is 1.58. The number of amides is 1. The van der Waals surface area contributed by atoms with Crippen LogP contribution in [0.2, 0.25) is 0 Å². The van der Waals surface area contributed by atoms with Gasteiger partial charge in [0.2, 0.25) is 5.91 Å². The molecule has 0 aromatic heterocycles. The lowest BCUT2D eigenvalue weighted by molar-refractivity contribution is -0.125. The molecule has 2 aromatic carbocycles. The van der Waals surface area contributed by atoms with Crippen LogP contribution < -0.4 is 15.4 Å². The summed E-state index contributed by atoms with van der Waals surface area (Å²) < 4.78 is 5.91. The molecule has 5 nitrogen and oxygen atoms in total. The first-order chi connectivity index (χ1) is 13.1. The van der Waals surface area contributed by atoms with Crippen molar-refractivity contribution in [2.75, 3.05) is 13.6 Å². The molecule has 5 heteroatoms. The van der Waals surface area contributed by atoms with Gasteiger partial charge in [-0.25, -0.2) is 0 Å². The van der Waals surface area contributed by atoms with Crippen LogP contribution in [0.4, 0.5) is 0 Å². The third-order valence-electron chi connectivity index (χ3n) is 5.02. The van der Waals surface area contributed by atoms with E-state index in [1.54, 1.807) is 7.05 Å². The van der Waals surface area contributed by atoms with Crippen molar-refractivity contribution in [2.24, 2.45) is 0 Å². The highest BCUT2D eigenvalue weighted by atomic mass is 16.5. The molecule has 27 heavy (non-hydrogen) atoms. The molecule has 0 unspecified atom stereocenters. The van der Waals surface area contributed by atoms with Crippen molar-refractivity contribution in [3.63, 3.8) is 0 Å². The molecule has 1 amide bonds. The monoisotopic (exact) mass is 367 g/mol. The fourth-order valence-electron chi connectivity index (χ4n) is 3.61. The normalized spacial score (nSPS) is 20.0. The SMILES string of the molecule is CNC(=O)[C@@H]1C[C@H](NCc2cccc(Oc3ccccc3)c2)CN1C(C)C. The summed E-state index contributed by atoms with van der Waals surface area (Å²) in [7, 11) is 1.71. The van der Waals surface area contributed by atoms with Crippen LogP contribution in [-0.4, -0.2) is 42.5 Å². The lowest BCUT2D eigenvalue weighted by Gasteiger charge is -2.26. The first kappa shape index (κ1) is 19.4. The summed E-state index contributed by atoms with van der Waals surface area (Å²) in [6, 6.07) is 18.5. The van der Waals surface area contributed by atoms with Gasteiger partial charge in [0.1, 0.15) is 11.5 Å². The third-order valence-corrected chi connectivity index (χ3v) is 5.02. The van der Waals surface area contributed by atoms with Crippen LogP contribution in [0.25, 0.3) is 0 Å². The molecule has 144 valence electrons. The number of carbonyl (C=O) groups excluding carboxylic acids is 1. The molecule has 2 N–H and O–H groups in total. The Morgan fingerprint density at radius 3 is 2.59 bits per heavy atom. The van der Waals surface area contributed by atoms with Crippen LogP contribution in [0.5, 0.6) is 11.5 Å². The van der Waals surface area contributed by atoms with E-state index in [1.807, 2.05) is 42.5 Å². The minimum atomic E-state index is -0.0553. The highest BCUT2D eigenvalue weighted by molar-refractivity contribution is 5.81. The molecular weight excluding hydrogens is 338 g/mol. The van der Waals surface area contributed by atoms with E-state index in [-0.39, 0.29) is 11.9 Å². The van der Waals surface area contributed by atoms with Gasteiger partial charge in [0.25, 0.3) is 0 Å². The zero-order valence-electron chi connectivity index (χ0n) is 16.3. The number of hydrogen-bond donors (Lipinski definition) is 2. The largest absolute Gasteiger partial charge is 0.457 e. The average molecular weight is 367 g/mol. The molecule has 0 saturated carbocycles. The van der Waals surface area contributed by atoms with E-state index in [0.717, 1.165) is 31.0 Å². The van der Waals surface area contributed by atoms with Gasteiger partial charge in [0.05, 0.1) is 6.04 Å². The quantitative estimate of drug-likeness (QED) is 0.789. The molecule has 1 aliphatic heterocycles. The second-order valence-corrected chi connectivity index (χ2v) is 7.30. The van der Waals surface area contributed by atoms with Crippen molar-refractivity contribution in [3.8, 4) is 11.5 Å². The molecular formula is C22H29N3O2. The summed E-state index contributed by atoms with van der Waals surface area (Å²) in [6.45, 7) is 5.92. The number of ether oxygens (including phenoxy) is 1. The van der Waals surface area contributed by atoms with Gasteiger partial charge in [-0.2, -0.15) is 0 Å². The standard InChI is InChI=1S/C22H29N3O2/c1-16(2)25-15-18(13-21(25)22(26)23-3)24-14-17-8-7-11-20(12-17)27-19-9-5-4-6-10-19/h4-12,16,18,21,24H,13-15H2,1-3H3,(H,23,26)/t18-,21-/m0/s1. The van der Waals surface area contributed by atoms with Crippen LogP contribution >= 0.6 is 0 Å². The Morgan fingerprint density at radius 1 is 1.15 bits per heavy atom. The summed E-state index contributed by atoms with van der Waals surface area (Å²) in [5, 5.41) is 6.40. The maximum absolute atomic E-state index is 12.2. The average Bonchev–Trinajstić information content (AvgIpc) is 3.12. The molecule has 1 aliphatic rings. The highest BCUT2D eigenvalue weighted by Gasteiger charge is 2.37. The number of likely N-dealkylation sites (N-methyl/N-ethyl adjacent to an activating group) is 1. The van der Waals surface area contributed by atoms with Gasteiger partial charge < -0.3 is 15.4 Å². The van der Waals surface area contributed by atoms with Crippen LogP contribution in [0.15, 0.2) is 54.6 Å². The minimum absolute atomic E-state index is 0.0553. The fraction of sp³-hybridized carbons (Fsp3) is 0.409. The van der Waals surface area contributed by atoms with Crippen LogP contribution in [0.3, 0.4) is 0 Å². The number of likely N-dealkylation sites (tertiary alicyclic amines) is 1. The molecule has 0 spiro atoms. The molecule has 0 bridgehead atoms. The van der Waals surface area contributed by atoms with Gasteiger partial charge in [-0.05, 0) is 50.1 Å². The number of rotatable bonds is 7. The first-order valence-electron chi connectivity index (χ1n) is 9.59. The predicted octanol–water partition coefficient (Wildman–Crippen LogP) is 3.17. The van der Waals surface area contributed by atoms with Crippen molar-refractivity contribution in [3.05, 3.63) is 60.2 Å². The van der Waals surface area contributed by atoms with E-state index in [0.29, 0.717) is 12.1 Å². The number of benzene rings is 2. The van der Waals surface area contributed by atoms with Gasteiger partial charge in [-0.15, -0.1) is 0 Å². The molecule has 3 rings (SSSR count). The van der Waals surface area contributed by atoms with E-state index in [2.05, 4.69) is 41.5 Å². The Labute approximate surface area is 161 Å². The molecule has 0 aliphatic carbocycles. The second kappa shape index (κ2) is 9.02. The first-order valence-corrected chi connectivity index (χ1v) is 9.59. The molecule has 2 atom stereocenters. The summed E-state index contributed by atoms with van der Waals surface area (Å²) in [4.78, 5) is 14.4.